The van der Waals surface area contributed by atoms with Gasteiger partial charge in [0.15, 0.2) is 0 Å². The number of nitrogens with zero attached hydrogens (tertiary/aromatic N) is 6. The van der Waals surface area contributed by atoms with Crippen molar-refractivity contribution in [1.82, 2.24) is 18.3 Å². The van der Waals surface area contributed by atoms with Crippen molar-refractivity contribution in [2.45, 2.75) is 6.92 Å². The van der Waals surface area contributed by atoms with Gasteiger partial charge in [-0.15, -0.1) is 11.3 Å². The van der Waals surface area contributed by atoms with Crippen molar-refractivity contribution < 1.29 is 26.3 Å². The van der Waals surface area contributed by atoms with Gasteiger partial charge in [0, 0.05) is 58.6 Å². The van der Waals surface area contributed by atoms with Crippen LogP contribution in [0, 0.1) is 64.5 Å². The van der Waals surface area contributed by atoms with Crippen LogP contribution in [0.1, 0.15) is 16.7 Å². The van der Waals surface area contributed by atoms with Gasteiger partial charge in [-0.05, 0) is 134 Å². The Bertz CT molecular complexity index is 5070. The van der Waals surface area contributed by atoms with Crippen LogP contribution in [-0.4, -0.2) is 18.3 Å². The Morgan fingerprint density at radius 3 is 1.07 bits per heavy atom. The molecule has 76 heavy (non-hydrogen) atoms. The fourth-order valence-electron chi connectivity index (χ4n) is 12.0. The Morgan fingerprint density at radius 1 is 0.342 bits per heavy atom. The van der Waals surface area contributed by atoms with E-state index in [1.807, 2.05) is 41.8 Å². The number of fused-ring (bicyclic) bond motifs is 16. The molecule has 0 aliphatic heterocycles. The third-order valence-electron chi connectivity index (χ3n) is 15.0. The number of hydrogen-bond donors (Lipinski definition) is 0. The quantitative estimate of drug-likeness (QED) is 0.165. The molecule has 0 saturated carbocycles. The zero-order valence-electron chi connectivity index (χ0n) is 39.4. The monoisotopic (exact) mass is 1020 g/mol. The van der Waals surface area contributed by atoms with Crippen LogP contribution in [0.3, 0.4) is 0 Å². The lowest BCUT2D eigenvalue weighted by molar-refractivity contribution is 0.628. The van der Waals surface area contributed by atoms with E-state index in [4.69, 9.17) is 0 Å². The lowest BCUT2D eigenvalue weighted by Crippen LogP contribution is -2.16. The van der Waals surface area contributed by atoms with Crippen molar-refractivity contribution in [3.63, 3.8) is 0 Å². The highest BCUT2D eigenvalue weighted by Gasteiger charge is 2.35. The molecule has 0 fully saturated rings. The first-order chi connectivity index (χ1) is 37.0. The van der Waals surface area contributed by atoms with Gasteiger partial charge in [-0.2, -0.15) is 10.5 Å². The molecule has 5 heterocycles. The molecule has 0 aliphatic rings. The summed E-state index contributed by atoms with van der Waals surface area (Å²) in [6, 6.07) is 47.9. The predicted octanol–water partition coefficient (Wildman–Crippen LogP) is 17.3. The number of aromatic nitrogens is 4. The normalized spacial score (nSPS) is 12.1. The molecular weight excluding hydrogens is 987 g/mol. The highest BCUT2D eigenvalue weighted by atomic mass is 32.1. The first-order valence-corrected chi connectivity index (χ1v) is 24.9. The zero-order valence-corrected chi connectivity index (χ0v) is 40.3. The van der Waals surface area contributed by atoms with E-state index in [0.29, 0.717) is 65.7 Å². The molecule has 13 heteroatoms. The Labute approximate surface area is 429 Å². The van der Waals surface area contributed by atoms with Gasteiger partial charge >= 0.3 is 0 Å². The van der Waals surface area contributed by atoms with Gasteiger partial charge in [-0.25, -0.2) is 26.3 Å². The summed E-state index contributed by atoms with van der Waals surface area (Å²) in [5, 5.41) is 30.4. The first kappa shape index (κ1) is 43.7. The lowest BCUT2D eigenvalue weighted by Gasteiger charge is -2.27. The minimum atomic E-state index is -0.615. The molecule has 10 aromatic carbocycles. The number of thiophene rings is 1. The summed E-state index contributed by atoms with van der Waals surface area (Å²) in [7, 11) is 0. The summed E-state index contributed by atoms with van der Waals surface area (Å²) in [5.74, 6) is -3.64. The van der Waals surface area contributed by atoms with Crippen LogP contribution in [0.2, 0.25) is 0 Å². The van der Waals surface area contributed by atoms with E-state index in [1.165, 1.54) is 97.1 Å². The number of rotatable bonds is 4. The second kappa shape index (κ2) is 15.6. The van der Waals surface area contributed by atoms with Crippen molar-refractivity contribution in [1.29, 1.82) is 10.5 Å². The largest absolute Gasteiger partial charge is 0.306 e. The van der Waals surface area contributed by atoms with Gasteiger partial charge in [-0.1, -0.05) is 42.0 Å². The average molecular weight is 1020 g/mol. The molecular formula is C63H30F6N6S. The van der Waals surface area contributed by atoms with E-state index >= 15 is 26.3 Å². The molecule has 0 N–H and O–H groups in total. The van der Waals surface area contributed by atoms with Crippen molar-refractivity contribution in [2.24, 2.45) is 0 Å². The molecule has 0 spiro atoms. The molecule has 360 valence electrons. The van der Waals surface area contributed by atoms with E-state index < -0.39 is 34.9 Å². The van der Waals surface area contributed by atoms with Crippen molar-refractivity contribution in [3.8, 4) is 34.9 Å². The molecule has 0 atom stereocenters. The highest BCUT2D eigenvalue weighted by Crippen LogP contribution is 2.51. The molecule has 15 aromatic rings. The van der Waals surface area contributed by atoms with Crippen molar-refractivity contribution >= 4 is 119 Å². The minimum Gasteiger partial charge on any atom is -0.306 e. The highest BCUT2D eigenvalue weighted by molar-refractivity contribution is 7.26. The van der Waals surface area contributed by atoms with Gasteiger partial charge in [0.1, 0.15) is 58.2 Å². The number of halogens is 6. The van der Waals surface area contributed by atoms with E-state index in [9.17, 15) is 10.5 Å². The van der Waals surface area contributed by atoms with Crippen molar-refractivity contribution in [2.75, 3.05) is 0 Å². The smallest absolute Gasteiger partial charge is 0.123 e. The van der Waals surface area contributed by atoms with Crippen LogP contribution in [-0.2, 0) is 0 Å². The predicted molar refractivity (Wildman–Crippen MR) is 291 cm³/mol. The Balaban J connectivity index is 1.29. The topological polar surface area (TPSA) is 67.3 Å². The van der Waals surface area contributed by atoms with Crippen molar-refractivity contribution in [3.05, 3.63) is 215 Å². The van der Waals surface area contributed by atoms with Gasteiger partial charge in [0.2, 0.25) is 0 Å². The van der Waals surface area contributed by atoms with E-state index in [1.54, 1.807) is 37.2 Å². The van der Waals surface area contributed by atoms with Crippen LogP contribution in [0.25, 0.3) is 130 Å². The molecule has 5 aromatic heterocycles. The third-order valence-corrected chi connectivity index (χ3v) is 16.2. The molecule has 0 bridgehead atoms. The molecule has 0 aliphatic carbocycles. The average Bonchev–Trinajstić information content (AvgIpc) is 4.38. The summed E-state index contributed by atoms with van der Waals surface area (Å²) in [6.07, 6.45) is 0. The summed E-state index contributed by atoms with van der Waals surface area (Å²) in [4.78, 5) is 0. The summed E-state index contributed by atoms with van der Waals surface area (Å²) in [6.45, 7) is 1.99. The van der Waals surface area contributed by atoms with E-state index in [0.717, 1.165) is 36.5 Å². The third kappa shape index (κ3) is 5.85. The lowest BCUT2D eigenvalue weighted by atomic mass is 9.98. The Morgan fingerprint density at radius 2 is 0.671 bits per heavy atom. The molecule has 6 nitrogen and oxygen atoms in total. The second-order valence-corrected chi connectivity index (χ2v) is 20.2. The summed E-state index contributed by atoms with van der Waals surface area (Å²) in [5.41, 5.74) is 4.72. The summed E-state index contributed by atoms with van der Waals surface area (Å²) < 4.78 is 103. The van der Waals surface area contributed by atoms with Gasteiger partial charge < -0.3 is 18.3 Å². The number of hydrogen-bond acceptors (Lipinski definition) is 3. The van der Waals surface area contributed by atoms with E-state index in [2.05, 4.69) is 36.4 Å². The van der Waals surface area contributed by atoms with Crippen LogP contribution >= 0.6 is 11.3 Å². The van der Waals surface area contributed by atoms with Gasteiger partial charge in [-0.3, -0.25) is 0 Å². The molecule has 0 radical (unpaired) electrons. The molecule has 0 saturated heterocycles. The SMILES string of the molecule is Cc1ccc2c(c1)c1ccc3c4ccccc4sc3c1n2-c1c(C#N)c(-n2c3ccc(F)cc3c3cc(F)ccc32)c(-n2c3ccc(F)cc3c3cc(F)ccc32)c(C#N)c1-n1c2ccc(F)cc2c2cc(F)ccc21. The van der Waals surface area contributed by atoms with Crippen LogP contribution in [0.15, 0.2) is 164 Å². The second-order valence-electron chi connectivity index (χ2n) is 19.1. The molecule has 0 unspecified atom stereocenters. The minimum absolute atomic E-state index is 0.0348. The Hall–Kier alpha value is -9.82. The maximum Gasteiger partial charge on any atom is 0.123 e. The van der Waals surface area contributed by atoms with Gasteiger partial charge in [0.25, 0.3) is 0 Å². The zero-order chi connectivity index (χ0) is 51.6. The summed E-state index contributed by atoms with van der Waals surface area (Å²) >= 11 is 1.57. The fourth-order valence-corrected chi connectivity index (χ4v) is 13.3. The van der Waals surface area contributed by atoms with Crippen LogP contribution < -0.4 is 0 Å². The molecule has 0 amide bonds. The van der Waals surface area contributed by atoms with Crippen LogP contribution in [0.4, 0.5) is 26.3 Å². The standard InChI is InChI=1S/C63H30F6N6S/c1-31-6-15-56-41(22-31)39-13-14-40-38-4-2-3-5-57(38)76-63(40)62(39)75(56)61-49(30-71)59(73-52-18-9-34(66)25-44(52)45-26-35(67)10-19-53(45)73)58(72-50-16-7-32(64)23-42(50)43-24-33(65)8-17-51(43)72)48(29-70)60(61)74-54-20-11-36(68)27-46(54)47-28-37(69)12-21-55(47)74/h2-28H,1H3. The molecule has 15 rings (SSSR count). The van der Waals surface area contributed by atoms with E-state index in [-0.39, 0.29) is 44.6 Å². The number of aryl methyl sites for hydroxylation is 1. The number of benzene rings is 10. The first-order valence-electron chi connectivity index (χ1n) is 24.1. The maximum atomic E-state index is 15.7. The number of nitriles is 2. The van der Waals surface area contributed by atoms with Crippen LogP contribution in [0.5, 0.6) is 0 Å². The Kier molecular flexibility index (Phi) is 8.98. The fraction of sp³-hybridized carbons (Fsp3) is 0.0159. The maximum absolute atomic E-state index is 15.7. The van der Waals surface area contributed by atoms with Gasteiger partial charge in [0.05, 0.1) is 71.6 Å².